The molecule has 0 aliphatic rings. The molecule has 4 heterocycles. The Morgan fingerprint density at radius 2 is 0.614 bits per heavy atom. The Balaban J connectivity index is 1.08. The molecule has 328 valence electrons. The SMILES string of the molecule is Fc1ccccc1-c1ccc(-n2c3cc(-n4c5ccccc5c5ccccc54)ccc3c3ccc(-n4c5ccccc5c5ccccc54)cc32)cc1-c1nc(-c2ccccc2)nc(-c2ccccc2)n1. The van der Waals surface area contributed by atoms with Crippen LogP contribution in [0.5, 0.6) is 0 Å². The normalized spacial score (nSPS) is 11.8. The monoisotopic (exact) mass is 898 g/mol. The number of hydrogen-bond acceptors (Lipinski definition) is 3. The van der Waals surface area contributed by atoms with Crippen molar-refractivity contribution in [1.29, 1.82) is 0 Å². The number of nitrogens with zero attached hydrogens (tertiary/aromatic N) is 6. The molecule has 14 rings (SSSR count). The van der Waals surface area contributed by atoms with Crippen LogP contribution in [0.1, 0.15) is 0 Å². The van der Waals surface area contributed by atoms with Gasteiger partial charge in [-0.3, -0.25) is 0 Å². The van der Waals surface area contributed by atoms with Crippen LogP contribution in [0.4, 0.5) is 4.39 Å². The lowest BCUT2D eigenvalue weighted by Gasteiger charge is -2.16. The Morgan fingerprint density at radius 3 is 1.09 bits per heavy atom. The number of para-hydroxylation sites is 4. The Hall–Kier alpha value is -9.46. The van der Waals surface area contributed by atoms with E-state index in [4.69, 9.17) is 15.0 Å². The van der Waals surface area contributed by atoms with Gasteiger partial charge in [-0.2, -0.15) is 0 Å². The summed E-state index contributed by atoms with van der Waals surface area (Å²) < 4.78 is 23.3. The standard InChI is InChI=1S/C63H39FN6/c64-54-26-12-7-21-46(54)45-34-31-42(37-53(45)63-66-61(40-17-3-1-4-18-40)65-62(67-63)41-19-5-2-6-20-41)70-59-38-43(68-55-27-13-8-22-47(55)48-23-9-14-28-56(48)68)32-35-51(59)52-36-33-44(39-60(52)70)69-57-29-15-10-24-49(57)50-25-11-16-30-58(50)69/h1-39H. The maximum absolute atomic E-state index is 16.2. The first kappa shape index (κ1) is 39.7. The van der Waals surface area contributed by atoms with E-state index in [2.05, 4.69) is 159 Å². The number of aromatic nitrogens is 6. The van der Waals surface area contributed by atoms with Crippen molar-refractivity contribution in [3.8, 4) is 62.4 Å². The minimum Gasteiger partial charge on any atom is -0.309 e. The van der Waals surface area contributed by atoms with Gasteiger partial charge in [0, 0.05) is 71.6 Å². The summed E-state index contributed by atoms with van der Waals surface area (Å²) in [6.07, 6.45) is 0. The molecular formula is C63H39FN6. The molecule has 0 bridgehead atoms. The predicted molar refractivity (Wildman–Crippen MR) is 285 cm³/mol. The minimum atomic E-state index is -0.333. The molecule has 0 saturated carbocycles. The molecule has 0 radical (unpaired) electrons. The first-order valence-electron chi connectivity index (χ1n) is 23.5. The topological polar surface area (TPSA) is 53.5 Å². The van der Waals surface area contributed by atoms with Crippen molar-refractivity contribution < 1.29 is 4.39 Å². The molecule has 70 heavy (non-hydrogen) atoms. The summed E-state index contributed by atoms with van der Waals surface area (Å²) in [7, 11) is 0. The van der Waals surface area contributed by atoms with Crippen LogP contribution < -0.4 is 0 Å². The maximum Gasteiger partial charge on any atom is 0.164 e. The first-order valence-corrected chi connectivity index (χ1v) is 23.5. The first-order chi connectivity index (χ1) is 34.6. The van der Waals surface area contributed by atoms with E-state index in [1.165, 1.54) is 27.6 Å². The van der Waals surface area contributed by atoms with Gasteiger partial charge in [-0.15, -0.1) is 0 Å². The van der Waals surface area contributed by atoms with Gasteiger partial charge in [0.2, 0.25) is 0 Å². The molecule has 0 N–H and O–H groups in total. The highest BCUT2D eigenvalue weighted by molar-refractivity contribution is 6.13. The Labute approximate surface area is 401 Å². The summed E-state index contributed by atoms with van der Waals surface area (Å²) in [4.78, 5) is 15.4. The molecule has 0 atom stereocenters. The van der Waals surface area contributed by atoms with Crippen LogP contribution >= 0.6 is 0 Å². The third kappa shape index (κ3) is 6.22. The fourth-order valence-electron chi connectivity index (χ4n) is 10.7. The lowest BCUT2D eigenvalue weighted by molar-refractivity contribution is 0.631. The second-order valence-electron chi connectivity index (χ2n) is 17.7. The average molecular weight is 899 g/mol. The summed E-state index contributed by atoms with van der Waals surface area (Å²) in [6, 6.07) is 81.1. The predicted octanol–water partition coefficient (Wildman–Crippen LogP) is 16.0. The van der Waals surface area contributed by atoms with Crippen LogP contribution in [0.25, 0.3) is 128 Å². The second kappa shape index (κ2) is 15.8. The molecule has 0 fully saturated rings. The van der Waals surface area contributed by atoms with Gasteiger partial charge in [0.05, 0.1) is 33.1 Å². The maximum atomic E-state index is 16.2. The Morgan fingerprint density at radius 1 is 0.257 bits per heavy atom. The molecular weight excluding hydrogens is 860 g/mol. The van der Waals surface area contributed by atoms with E-state index in [-0.39, 0.29) is 5.82 Å². The molecule has 0 aliphatic carbocycles. The summed E-state index contributed by atoms with van der Waals surface area (Å²) in [5.74, 6) is 1.15. The summed E-state index contributed by atoms with van der Waals surface area (Å²) >= 11 is 0. The van der Waals surface area contributed by atoms with E-state index < -0.39 is 0 Å². The van der Waals surface area contributed by atoms with Crippen LogP contribution in [0.15, 0.2) is 237 Å². The molecule has 7 heteroatoms. The van der Waals surface area contributed by atoms with E-state index in [1.54, 1.807) is 6.07 Å². The van der Waals surface area contributed by atoms with Crippen molar-refractivity contribution in [3.63, 3.8) is 0 Å². The van der Waals surface area contributed by atoms with Gasteiger partial charge < -0.3 is 13.7 Å². The average Bonchev–Trinajstić information content (AvgIpc) is 4.06. The van der Waals surface area contributed by atoms with Gasteiger partial charge >= 0.3 is 0 Å². The molecule has 0 saturated heterocycles. The fraction of sp³-hybridized carbons (Fsp3) is 0. The fourth-order valence-corrected chi connectivity index (χ4v) is 10.7. The molecule has 10 aromatic carbocycles. The number of benzene rings is 10. The van der Waals surface area contributed by atoms with E-state index in [0.29, 0.717) is 34.2 Å². The number of rotatable bonds is 7. The molecule has 0 unspecified atom stereocenters. The smallest absolute Gasteiger partial charge is 0.164 e. The van der Waals surface area contributed by atoms with Gasteiger partial charge in [0.1, 0.15) is 5.82 Å². The van der Waals surface area contributed by atoms with Crippen molar-refractivity contribution in [2.24, 2.45) is 0 Å². The highest BCUT2D eigenvalue weighted by atomic mass is 19.1. The number of hydrogen-bond donors (Lipinski definition) is 0. The summed E-state index contributed by atoms with van der Waals surface area (Å²) in [6.45, 7) is 0. The summed E-state index contributed by atoms with van der Waals surface area (Å²) in [5.41, 5.74) is 13.0. The van der Waals surface area contributed by atoms with Crippen molar-refractivity contribution in [2.45, 2.75) is 0 Å². The molecule has 4 aromatic heterocycles. The molecule has 0 spiro atoms. The second-order valence-corrected chi connectivity index (χ2v) is 17.7. The van der Waals surface area contributed by atoms with Gasteiger partial charge in [-0.1, -0.05) is 170 Å². The minimum absolute atomic E-state index is 0.333. The van der Waals surface area contributed by atoms with Gasteiger partial charge in [-0.05, 0) is 72.3 Å². The zero-order valence-electron chi connectivity index (χ0n) is 37.6. The molecule has 0 aliphatic heterocycles. The summed E-state index contributed by atoms with van der Waals surface area (Å²) in [5, 5.41) is 7.00. The number of halogens is 1. The largest absolute Gasteiger partial charge is 0.309 e. The lowest BCUT2D eigenvalue weighted by Crippen LogP contribution is -2.03. The lowest BCUT2D eigenvalue weighted by atomic mass is 9.97. The zero-order chi connectivity index (χ0) is 46.3. The molecule has 14 aromatic rings. The van der Waals surface area contributed by atoms with Crippen LogP contribution in [-0.2, 0) is 0 Å². The Kier molecular flexibility index (Phi) is 8.97. The zero-order valence-corrected chi connectivity index (χ0v) is 37.6. The van der Waals surface area contributed by atoms with Crippen LogP contribution in [0.3, 0.4) is 0 Å². The van der Waals surface area contributed by atoms with Crippen molar-refractivity contribution in [2.75, 3.05) is 0 Å². The van der Waals surface area contributed by atoms with Crippen molar-refractivity contribution in [1.82, 2.24) is 28.7 Å². The van der Waals surface area contributed by atoms with Gasteiger partial charge in [-0.25, -0.2) is 19.3 Å². The molecule has 0 amide bonds. The quantitative estimate of drug-likeness (QED) is 0.160. The van der Waals surface area contributed by atoms with Gasteiger partial charge in [0.25, 0.3) is 0 Å². The van der Waals surface area contributed by atoms with Crippen LogP contribution in [0.2, 0.25) is 0 Å². The third-order valence-electron chi connectivity index (χ3n) is 13.8. The van der Waals surface area contributed by atoms with E-state index >= 15 is 4.39 Å². The van der Waals surface area contributed by atoms with E-state index in [0.717, 1.165) is 72.1 Å². The van der Waals surface area contributed by atoms with Gasteiger partial charge in [0.15, 0.2) is 17.5 Å². The Bertz CT molecular complexity index is 4040. The molecule has 6 nitrogen and oxygen atoms in total. The number of fused-ring (bicyclic) bond motifs is 9. The highest BCUT2D eigenvalue weighted by Gasteiger charge is 2.23. The highest BCUT2D eigenvalue weighted by Crippen LogP contribution is 2.42. The van der Waals surface area contributed by atoms with E-state index in [9.17, 15) is 0 Å². The van der Waals surface area contributed by atoms with Crippen LogP contribution in [0, 0.1) is 5.82 Å². The van der Waals surface area contributed by atoms with E-state index in [1.807, 2.05) is 78.9 Å². The third-order valence-corrected chi connectivity index (χ3v) is 13.8. The van der Waals surface area contributed by atoms with Crippen molar-refractivity contribution >= 4 is 65.4 Å². The van der Waals surface area contributed by atoms with Crippen LogP contribution in [-0.4, -0.2) is 28.7 Å². The van der Waals surface area contributed by atoms with Crippen molar-refractivity contribution in [3.05, 3.63) is 242 Å².